The highest BCUT2D eigenvalue weighted by Gasteiger charge is 2.33. The first-order chi connectivity index (χ1) is 18.0. The summed E-state index contributed by atoms with van der Waals surface area (Å²) in [6.45, 7) is 8.07. The Bertz CT molecular complexity index is 1100. The Morgan fingerprint density at radius 1 is 1.08 bits per heavy atom. The Morgan fingerprint density at radius 3 is 2.37 bits per heavy atom. The molecule has 3 aliphatic heterocycles. The van der Waals surface area contributed by atoms with Gasteiger partial charge in [-0.25, -0.2) is 4.68 Å². The summed E-state index contributed by atoms with van der Waals surface area (Å²) in [5.41, 5.74) is 1.96. The molecule has 1 aromatic heterocycles. The predicted molar refractivity (Wildman–Crippen MR) is 134 cm³/mol. The number of carbonyl (C=O) groups excluding carboxylic acids is 1. The van der Waals surface area contributed by atoms with Crippen LogP contribution < -0.4 is 10.1 Å². The van der Waals surface area contributed by atoms with Gasteiger partial charge in [0.15, 0.2) is 0 Å². The van der Waals surface area contributed by atoms with E-state index in [2.05, 4.69) is 20.1 Å². The normalized spacial score (nSPS) is 22.9. The van der Waals surface area contributed by atoms with E-state index in [1.807, 2.05) is 4.90 Å². The molecule has 3 fully saturated rings. The number of aliphatic hydroxyl groups excluding tert-OH is 2. The summed E-state index contributed by atoms with van der Waals surface area (Å²) in [6.07, 6.45) is -1.68. The number of ether oxygens (including phenoxy) is 1. The molecule has 1 amide bonds. The maximum absolute atomic E-state index is 13.3. The monoisotopic (exact) mass is 539 g/mol. The number of hydrogen-bond acceptors (Lipinski definition) is 7. The highest BCUT2D eigenvalue weighted by molar-refractivity contribution is 5.96. The number of piperidine rings is 1. The average Bonchev–Trinajstić information content (AvgIpc) is 3.59. The van der Waals surface area contributed by atoms with Gasteiger partial charge in [-0.2, -0.15) is 5.10 Å². The van der Waals surface area contributed by atoms with Crippen LogP contribution >= 0.6 is 0 Å². The third-order valence-electron chi connectivity index (χ3n) is 7.30. The van der Waals surface area contributed by atoms with E-state index in [9.17, 15) is 23.1 Å². The summed E-state index contributed by atoms with van der Waals surface area (Å²) in [7, 11) is 0. The number of halogens is 3. The molecule has 210 valence electrons. The maximum atomic E-state index is 13.3. The van der Waals surface area contributed by atoms with Crippen molar-refractivity contribution in [3.05, 3.63) is 41.2 Å². The number of alkyl halides is 3. The predicted octanol–water partition coefficient (Wildman–Crippen LogP) is 2.40. The van der Waals surface area contributed by atoms with Gasteiger partial charge < -0.3 is 25.2 Å². The second-order valence-electron chi connectivity index (χ2n) is 10.1. The lowest BCUT2D eigenvalue weighted by Gasteiger charge is -2.36. The summed E-state index contributed by atoms with van der Waals surface area (Å²) < 4.78 is 43.2. The van der Waals surface area contributed by atoms with Gasteiger partial charge in [0, 0.05) is 44.8 Å². The summed E-state index contributed by atoms with van der Waals surface area (Å²) in [5.74, 6) is -0.460. The highest BCUT2D eigenvalue weighted by atomic mass is 19.4. The topological polar surface area (TPSA) is 103 Å². The molecule has 38 heavy (non-hydrogen) atoms. The Morgan fingerprint density at radius 2 is 1.82 bits per heavy atom. The van der Waals surface area contributed by atoms with Crippen LogP contribution in [0.2, 0.25) is 0 Å². The smallest absolute Gasteiger partial charge is 0.406 e. The van der Waals surface area contributed by atoms with Crippen molar-refractivity contribution in [3.8, 4) is 11.4 Å². The van der Waals surface area contributed by atoms with E-state index in [1.165, 1.54) is 22.9 Å². The van der Waals surface area contributed by atoms with Gasteiger partial charge in [0.1, 0.15) is 5.75 Å². The van der Waals surface area contributed by atoms with E-state index < -0.39 is 6.36 Å². The van der Waals surface area contributed by atoms with Crippen molar-refractivity contribution in [2.24, 2.45) is 0 Å². The van der Waals surface area contributed by atoms with Crippen molar-refractivity contribution in [1.82, 2.24) is 24.9 Å². The minimum Gasteiger partial charge on any atom is -0.406 e. The van der Waals surface area contributed by atoms with Gasteiger partial charge in [0.2, 0.25) is 0 Å². The molecule has 0 radical (unpaired) electrons. The van der Waals surface area contributed by atoms with E-state index in [0.717, 1.165) is 45.3 Å². The van der Waals surface area contributed by atoms with Gasteiger partial charge in [-0.05, 0) is 58.2 Å². The van der Waals surface area contributed by atoms with Crippen molar-refractivity contribution in [1.29, 1.82) is 0 Å². The van der Waals surface area contributed by atoms with Crippen molar-refractivity contribution in [2.45, 2.75) is 64.1 Å². The van der Waals surface area contributed by atoms with Gasteiger partial charge in [0.05, 0.1) is 34.8 Å². The third kappa shape index (κ3) is 7.04. The summed E-state index contributed by atoms with van der Waals surface area (Å²) >= 11 is 0. The summed E-state index contributed by atoms with van der Waals surface area (Å²) in [5, 5.41) is 25.9. The molecular formula is C26H36F3N5O4. The zero-order valence-corrected chi connectivity index (χ0v) is 21.7. The second kappa shape index (κ2) is 12.0. The molecule has 9 nitrogen and oxygen atoms in total. The molecule has 0 aliphatic carbocycles. The molecule has 3 N–H and O–H groups in total. The van der Waals surface area contributed by atoms with Crippen LogP contribution in [0.15, 0.2) is 24.3 Å². The number of likely N-dealkylation sites (tertiary alicyclic amines) is 2. The van der Waals surface area contributed by atoms with Crippen LogP contribution in [0, 0.1) is 13.8 Å². The minimum atomic E-state index is -4.78. The summed E-state index contributed by atoms with van der Waals surface area (Å²) in [4.78, 5) is 17.4. The van der Waals surface area contributed by atoms with Crippen LogP contribution in [0.3, 0.4) is 0 Å². The van der Waals surface area contributed by atoms with Gasteiger partial charge in [0.25, 0.3) is 5.91 Å². The van der Waals surface area contributed by atoms with E-state index in [4.69, 9.17) is 5.11 Å². The Labute approximate surface area is 220 Å². The lowest BCUT2D eigenvalue weighted by molar-refractivity contribution is -0.274. The van der Waals surface area contributed by atoms with Gasteiger partial charge >= 0.3 is 6.36 Å². The van der Waals surface area contributed by atoms with Crippen molar-refractivity contribution < 1.29 is 32.9 Å². The fraction of sp³-hybridized carbons (Fsp3) is 0.615. The van der Waals surface area contributed by atoms with Crippen LogP contribution in [0.1, 0.15) is 47.4 Å². The fourth-order valence-electron chi connectivity index (χ4n) is 5.35. The van der Waals surface area contributed by atoms with E-state index in [-0.39, 0.29) is 23.9 Å². The van der Waals surface area contributed by atoms with Crippen molar-refractivity contribution in [2.75, 3.05) is 39.3 Å². The van der Waals surface area contributed by atoms with Gasteiger partial charge in [-0.1, -0.05) is 6.07 Å². The maximum Gasteiger partial charge on any atom is 0.573 e. The standard InChI is InChI=1S/C22H27F3N4O3.C4H9NO/c1-14-20(21(31)27-9-6-16(7-10-27)28-11-8-18(30)13-28)15(2)29(26-14)17-4-3-5-19(12-17)32-22(23,24)25;6-4-1-2-5-3-4/h3-5,12,16,18,30H,6-11,13H2,1-2H3;4-6H,1-3H2/t18-;4-/m11/s1. The number of aliphatic hydroxyl groups is 2. The van der Waals surface area contributed by atoms with Gasteiger partial charge in [-0.15, -0.1) is 13.2 Å². The fourth-order valence-corrected chi connectivity index (χ4v) is 5.35. The number of carbonyl (C=O) groups is 1. The van der Waals surface area contributed by atoms with Crippen LogP contribution in [-0.4, -0.2) is 99.6 Å². The Hall–Kier alpha value is -2.67. The second-order valence-corrected chi connectivity index (χ2v) is 10.1. The zero-order chi connectivity index (χ0) is 27.4. The molecule has 12 heteroatoms. The number of nitrogens with one attached hydrogen (secondary N) is 1. The molecule has 0 unspecified atom stereocenters. The number of aromatic nitrogens is 2. The molecule has 0 spiro atoms. The average molecular weight is 540 g/mol. The number of aryl methyl sites for hydroxylation is 1. The third-order valence-corrected chi connectivity index (χ3v) is 7.30. The molecule has 5 rings (SSSR count). The molecule has 3 saturated heterocycles. The first-order valence-electron chi connectivity index (χ1n) is 13.0. The SMILES string of the molecule is Cc1nn(-c2cccc(OC(F)(F)F)c2)c(C)c1C(=O)N1CCC(N2CC[C@@H](O)C2)CC1.O[C@@H]1CCNC1. The lowest BCUT2D eigenvalue weighted by atomic mass is 10.0. The van der Waals surface area contributed by atoms with Crippen LogP contribution in [0.25, 0.3) is 5.69 Å². The number of β-amino-alcohol motifs (C(OH)–C–C–N with tert-alkyl or cyclic N) is 2. The number of hydrogen-bond donors (Lipinski definition) is 3. The van der Waals surface area contributed by atoms with E-state index in [0.29, 0.717) is 48.3 Å². The lowest BCUT2D eigenvalue weighted by Crippen LogP contribution is -2.46. The quantitative estimate of drug-likeness (QED) is 0.549. The number of nitrogens with zero attached hydrogens (tertiary/aromatic N) is 4. The molecule has 2 aromatic rings. The van der Waals surface area contributed by atoms with Crippen LogP contribution in [-0.2, 0) is 0 Å². The molecule has 0 saturated carbocycles. The molecule has 1 aromatic carbocycles. The molecule has 4 heterocycles. The summed E-state index contributed by atoms with van der Waals surface area (Å²) in [6, 6.07) is 5.91. The minimum absolute atomic E-state index is 0.0648. The van der Waals surface area contributed by atoms with E-state index in [1.54, 1.807) is 19.9 Å². The van der Waals surface area contributed by atoms with Gasteiger partial charge in [-0.3, -0.25) is 9.69 Å². The van der Waals surface area contributed by atoms with Crippen molar-refractivity contribution >= 4 is 5.91 Å². The number of amides is 1. The van der Waals surface area contributed by atoms with E-state index >= 15 is 0 Å². The molecule has 0 bridgehead atoms. The van der Waals surface area contributed by atoms with Crippen LogP contribution in [0.4, 0.5) is 13.2 Å². The number of rotatable bonds is 4. The van der Waals surface area contributed by atoms with Crippen LogP contribution in [0.5, 0.6) is 5.75 Å². The Kier molecular flexibility index (Phi) is 8.96. The first kappa shape index (κ1) is 28.3. The molecule has 3 aliphatic rings. The highest BCUT2D eigenvalue weighted by Crippen LogP contribution is 2.28. The Balaban J connectivity index is 0.000000494. The molecule has 2 atom stereocenters. The zero-order valence-electron chi connectivity index (χ0n) is 21.7. The first-order valence-corrected chi connectivity index (χ1v) is 13.0. The largest absolute Gasteiger partial charge is 0.573 e. The van der Waals surface area contributed by atoms with Crippen molar-refractivity contribution in [3.63, 3.8) is 0 Å². The number of benzene rings is 1. The molecular weight excluding hydrogens is 503 g/mol.